The predicted octanol–water partition coefficient (Wildman–Crippen LogP) is 3.00. The zero-order valence-electron chi connectivity index (χ0n) is 14.1. The number of primary amides is 1. The van der Waals surface area contributed by atoms with Crippen molar-refractivity contribution in [2.75, 3.05) is 13.2 Å². The molecule has 124 valence electrons. The zero-order valence-corrected chi connectivity index (χ0v) is 14.1. The first-order valence-electron chi connectivity index (χ1n) is 8.74. The van der Waals surface area contributed by atoms with Crippen LogP contribution in [0.2, 0.25) is 0 Å². The standard InChI is InChI=1S/C17H34N2O2/c1-4-7-9-14(5-2)13-21-15-10-8-11-17(12-15,16(18)20)19-6-3/h14-15,19H,4-13H2,1-3H3,(H2,18,20). The number of likely N-dealkylation sites (N-methyl/N-ethyl adjacent to an activating group) is 1. The highest BCUT2D eigenvalue weighted by atomic mass is 16.5. The Kier molecular flexibility index (Phi) is 8.27. The van der Waals surface area contributed by atoms with E-state index in [4.69, 9.17) is 10.5 Å². The van der Waals surface area contributed by atoms with Crippen molar-refractivity contribution in [3.63, 3.8) is 0 Å². The molecule has 0 saturated heterocycles. The minimum absolute atomic E-state index is 0.168. The molecule has 0 aromatic rings. The van der Waals surface area contributed by atoms with Crippen LogP contribution in [0.4, 0.5) is 0 Å². The van der Waals surface area contributed by atoms with Gasteiger partial charge in [0.25, 0.3) is 0 Å². The summed E-state index contributed by atoms with van der Waals surface area (Å²) in [5.41, 5.74) is 5.09. The number of rotatable bonds is 10. The fourth-order valence-electron chi connectivity index (χ4n) is 3.35. The average molecular weight is 298 g/mol. The lowest BCUT2D eigenvalue weighted by Gasteiger charge is -2.39. The number of carbonyl (C=O) groups is 1. The fourth-order valence-corrected chi connectivity index (χ4v) is 3.35. The molecule has 0 aromatic carbocycles. The van der Waals surface area contributed by atoms with Gasteiger partial charge in [0.15, 0.2) is 0 Å². The Morgan fingerprint density at radius 1 is 1.43 bits per heavy atom. The summed E-state index contributed by atoms with van der Waals surface area (Å²) in [6, 6.07) is 0. The third kappa shape index (κ3) is 5.59. The molecular formula is C17H34N2O2. The largest absolute Gasteiger partial charge is 0.378 e. The SMILES string of the molecule is CCCCC(CC)COC1CCCC(NCC)(C(N)=O)C1. The van der Waals surface area contributed by atoms with Crippen molar-refractivity contribution in [1.29, 1.82) is 0 Å². The van der Waals surface area contributed by atoms with E-state index >= 15 is 0 Å². The number of nitrogens with two attached hydrogens (primary N) is 1. The lowest BCUT2D eigenvalue weighted by Crippen LogP contribution is -2.59. The van der Waals surface area contributed by atoms with Crippen LogP contribution >= 0.6 is 0 Å². The molecule has 0 aliphatic heterocycles. The summed E-state index contributed by atoms with van der Waals surface area (Å²) in [5, 5.41) is 3.31. The molecule has 1 aliphatic rings. The summed E-state index contributed by atoms with van der Waals surface area (Å²) in [6.45, 7) is 8.07. The Balaban J connectivity index is 2.49. The molecule has 1 fully saturated rings. The first-order valence-corrected chi connectivity index (χ1v) is 8.74. The fraction of sp³-hybridized carbons (Fsp3) is 0.941. The van der Waals surface area contributed by atoms with Crippen LogP contribution in [0.5, 0.6) is 0 Å². The molecule has 1 rings (SSSR count). The third-order valence-corrected chi connectivity index (χ3v) is 4.80. The van der Waals surface area contributed by atoms with E-state index in [0.717, 1.165) is 38.8 Å². The Hall–Kier alpha value is -0.610. The molecule has 0 aromatic heterocycles. The number of unbranched alkanes of at least 4 members (excludes halogenated alkanes) is 1. The maximum absolute atomic E-state index is 11.9. The zero-order chi connectivity index (χ0) is 15.7. The van der Waals surface area contributed by atoms with E-state index in [2.05, 4.69) is 19.2 Å². The number of nitrogens with one attached hydrogen (secondary N) is 1. The van der Waals surface area contributed by atoms with E-state index < -0.39 is 5.54 Å². The monoisotopic (exact) mass is 298 g/mol. The lowest BCUT2D eigenvalue weighted by molar-refractivity contribution is -0.128. The quantitative estimate of drug-likeness (QED) is 0.651. The highest BCUT2D eigenvalue weighted by Gasteiger charge is 2.41. The minimum atomic E-state index is -0.553. The molecule has 0 bridgehead atoms. The Morgan fingerprint density at radius 2 is 2.19 bits per heavy atom. The molecular weight excluding hydrogens is 264 g/mol. The normalized spacial score (nSPS) is 27.5. The molecule has 0 radical (unpaired) electrons. The van der Waals surface area contributed by atoms with Gasteiger partial charge in [0.2, 0.25) is 5.91 Å². The molecule has 3 atom stereocenters. The second kappa shape index (κ2) is 9.42. The van der Waals surface area contributed by atoms with Gasteiger partial charge in [-0.3, -0.25) is 4.79 Å². The van der Waals surface area contributed by atoms with Gasteiger partial charge < -0.3 is 15.8 Å². The van der Waals surface area contributed by atoms with Gasteiger partial charge in [0, 0.05) is 13.0 Å². The van der Waals surface area contributed by atoms with Crippen LogP contribution in [0.3, 0.4) is 0 Å². The predicted molar refractivity (Wildman–Crippen MR) is 87.1 cm³/mol. The van der Waals surface area contributed by atoms with Gasteiger partial charge in [0.05, 0.1) is 6.10 Å². The minimum Gasteiger partial charge on any atom is -0.378 e. The second-order valence-electron chi connectivity index (χ2n) is 6.44. The summed E-state index contributed by atoms with van der Waals surface area (Å²) < 4.78 is 6.14. The van der Waals surface area contributed by atoms with Crippen molar-refractivity contribution >= 4 is 5.91 Å². The molecule has 0 spiro atoms. The highest BCUT2D eigenvalue weighted by molar-refractivity contribution is 5.84. The number of ether oxygens (including phenoxy) is 1. The molecule has 1 aliphatic carbocycles. The van der Waals surface area contributed by atoms with Crippen molar-refractivity contribution in [2.45, 2.75) is 83.8 Å². The van der Waals surface area contributed by atoms with Crippen LogP contribution < -0.4 is 11.1 Å². The second-order valence-corrected chi connectivity index (χ2v) is 6.44. The van der Waals surface area contributed by atoms with E-state index in [1.807, 2.05) is 6.92 Å². The molecule has 1 saturated carbocycles. The van der Waals surface area contributed by atoms with Crippen LogP contribution in [0, 0.1) is 5.92 Å². The number of hydrogen-bond acceptors (Lipinski definition) is 3. The molecule has 3 N–H and O–H groups in total. The van der Waals surface area contributed by atoms with E-state index in [0.29, 0.717) is 5.92 Å². The first kappa shape index (κ1) is 18.4. The molecule has 21 heavy (non-hydrogen) atoms. The van der Waals surface area contributed by atoms with Crippen LogP contribution in [-0.2, 0) is 9.53 Å². The maximum Gasteiger partial charge on any atom is 0.237 e. The van der Waals surface area contributed by atoms with E-state index in [1.165, 1.54) is 25.7 Å². The summed E-state index contributed by atoms with van der Waals surface area (Å²) >= 11 is 0. The summed E-state index contributed by atoms with van der Waals surface area (Å²) in [6.07, 6.45) is 8.70. The first-order chi connectivity index (χ1) is 10.1. The summed E-state index contributed by atoms with van der Waals surface area (Å²) in [4.78, 5) is 11.9. The molecule has 4 heteroatoms. The Morgan fingerprint density at radius 3 is 2.76 bits per heavy atom. The Labute approximate surface area is 130 Å². The lowest BCUT2D eigenvalue weighted by atomic mass is 9.79. The van der Waals surface area contributed by atoms with Crippen molar-refractivity contribution in [3.05, 3.63) is 0 Å². The number of hydrogen-bond donors (Lipinski definition) is 2. The van der Waals surface area contributed by atoms with Gasteiger partial charge in [-0.25, -0.2) is 0 Å². The Bertz CT molecular complexity index is 305. The third-order valence-electron chi connectivity index (χ3n) is 4.80. The topological polar surface area (TPSA) is 64.3 Å². The van der Waals surface area contributed by atoms with Gasteiger partial charge in [-0.1, -0.05) is 40.0 Å². The number of amides is 1. The van der Waals surface area contributed by atoms with Crippen LogP contribution in [0.25, 0.3) is 0 Å². The van der Waals surface area contributed by atoms with Gasteiger partial charge in [-0.05, 0) is 38.1 Å². The van der Waals surface area contributed by atoms with Gasteiger partial charge >= 0.3 is 0 Å². The van der Waals surface area contributed by atoms with Crippen molar-refractivity contribution < 1.29 is 9.53 Å². The van der Waals surface area contributed by atoms with Gasteiger partial charge in [-0.15, -0.1) is 0 Å². The van der Waals surface area contributed by atoms with Crippen molar-refractivity contribution in [3.8, 4) is 0 Å². The van der Waals surface area contributed by atoms with Crippen molar-refractivity contribution in [2.24, 2.45) is 11.7 Å². The maximum atomic E-state index is 11.9. The van der Waals surface area contributed by atoms with Gasteiger partial charge in [0.1, 0.15) is 5.54 Å². The van der Waals surface area contributed by atoms with E-state index in [9.17, 15) is 4.79 Å². The smallest absolute Gasteiger partial charge is 0.237 e. The number of carbonyl (C=O) groups excluding carboxylic acids is 1. The molecule has 1 amide bonds. The van der Waals surface area contributed by atoms with Crippen LogP contribution in [-0.4, -0.2) is 30.7 Å². The highest BCUT2D eigenvalue weighted by Crippen LogP contribution is 2.30. The van der Waals surface area contributed by atoms with Gasteiger partial charge in [-0.2, -0.15) is 0 Å². The van der Waals surface area contributed by atoms with E-state index in [-0.39, 0.29) is 12.0 Å². The summed E-state index contributed by atoms with van der Waals surface area (Å²) in [7, 11) is 0. The van der Waals surface area contributed by atoms with E-state index in [1.54, 1.807) is 0 Å². The molecule has 3 unspecified atom stereocenters. The molecule has 4 nitrogen and oxygen atoms in total. The summed E-state index contributed by atoms with van der Waals surface area (Å²) in [5.74, 6) is 0.421. The van der Waals surface area contributed by atoms with Crippen LogP contribution in [0.1, 0.15) is 72.1 Å². The average Bonchev–Trinajstić information content (AvgIpc) is 2.48. The van der Waals surface area contributed by atoms with Crippen LogP contribution in [0.15, 0.2) is 0 Å². The molecule has 0 heterocycles. The van der Waals surface area contributed by atoms with Crippen molar-refractivity contribution in [1.82, 2.24) is 5.32 Å².